The molecular weight excluding hydrogens is 341 g/mol. The molecule has 1 aliphatic rings. The number of H-pyrrole nitrogens is 1. The van der Waals surface area contributed by atoms with Crippen LogP contribution >= 0.6 is 11.6 Å². The maximum atomic E-state index is 13.0. The Balaban J connectivity index is 1.34. The summed E-state index contributed by atoms with van der Waals surface area (Å²) >= 11 is 6.09. The molecule has 1 N–H and O–H groups in total. The smallest absolute Gasteiger partial charge is 0.215 e. The second-order valence-corrected chi connectivity index (χ2v) is 6.48. The van der Waals surface area contributed by atoms with Crippen molar-refractivity contribution in [3.63, 3.8) is 0 Å². The van der Waals surface area contributed by atoms with Gasteiger partial charge in [-0.25, -0.2) is 9.38 Å². The van der Waals surface area contributed by atoms with Crippen molar-refractivity contribution in [3.05, 3.63) is 70.6 Å². The summed E-state index contributed by atoms with van der Waals surface area (Å²) in [6.07, 6.45) is 3.41. The average molecular weight is 358 g/mol. The second-order valence-electron chi connectivity index (χ2n) is 6.05. The maximum absolute atomic E-state index is 13.0. The highest BCUT2D eigenvalue weighted by Gasteiger charge is 2.18. The normalized spacial score (nSPS) is 14.7. The number of nitrogens with zero attached hydrogens (tertiary/aromatic N) is 2. The molecule has 4 rings (SSSR count). The van der Waals surface area contributed by atoms with E-state index in [1.807, 2.05) is 29.5 Å². The highest BCUT2D eigenvalue weighted by molar-refractivity contribution is 6.31. The lowest BCUT2D eigenvalue weighted by molar-refractivity contribution is -0.0492. The van der Waals surface area contributed by atoms with E-state index in [1.165, 1.54) is 17.7 Å². The summed E-state index contributed by atoms with van der Waals surface area (Å²) in [7, 11) is 0. The molecule has 25 heavy (non-hydrogen) atoms. The van der Waals surface area contributed by atoms with Crippen molar-refractivity contribution in [3.8, 4) is 0 Å². The molecule has 2 aromatic carbocycles. The van der Waals surface area contributed by atoms with Crippen LogP contribution in [0.15, 0.2) is 53.7 Å². The molecule has 2 heterocycles. The van der Waals surface area contributed by atoms with Crippen LogP contribution in [0.4, 0.5) is 4.39 Å². The summed E-state index contributed by atoms with van der Waals surface area (Å²) < 4.78 is 13.0. The van der Waals surface area contributed by atoms with Gasteiger partial charge >= 0.3 is 0 Å². The molecule has 0 fully saturated rings. The number of benzene rings is 2. The molecule has 0 aliphatic carbocycles. The van der Waals surface area contributed by atoms with Crippen LogP contribution in [-0.2, 0) is 17.7 Å². The molecule has 1 aromatic heterocycles. The number of halogens is 2. The number of nitrogens with one attached hydrogen (secondary N) is 1. The van der Waals surface area contributed by atoms with Gasteiger partial charge in [0.1, 0.15) is 12.5 Å². The number of rotatable bonds is 5. The van der Waals surface area contributed by atoms with Gasteiger partial charge < -0.3 is 9.82 Å². The molecule has 1 aliphatic heterocycles. The zero-order valence-electron chi connectivity index (χ0n) is 13.5. The molecule has 128 valence electrons. The number of aromatic nitrogens is 1. The van der Waals surface area contributed by atoms with E-state index in [-0.39, 0.29) is 5.82 Å². The van der Waals surface area contributed by atoms with Crippen molar-refractivity contribution in [1.82, 2.24) is 10.0 Å². The Hall–Kier alpha value is -2.37. The fraction of sp³-hybridized carbons (Fsp3) is 0.211. The van der Waals surface area contributed by atoms with Crippen LogP contribution in [0.1, 0.15) is 11.1 Å². The average Bonchev–Trinajstić information content (AvgIpc) is 3.21. The van der Waals surface area contributed by atoms with Crippen LogP contribution in [0.2, 0.25) is 5.02 Å². The molecule has 0 amide bonds. The van der Waals surface area contributed by atoms with Crippen LogP contribution in [-0.4, -0.2) is 29.2 Å². The minimum atomic E-state index is -0.238. The Labute approximate surface area is 149 Å². The van der Waals surface area contributed by atoms with Crippen LogP contribution in [0, 0.1) is 5.82 Å². The fourth-order valence-electron chi connectivity index (χ4n) is 2.95. The quantitative estimate of drug-likeness (QED) is 0.737. The number of fused-ring (bicyclic) bond motifs is 1. The van der Waals surface area contributed by atoms with Gasteiger partial charge in [0.2, 0.25) is 5.90 Å². The van der Waals surface area contributed by atoms with Gasteiger partial charge in [-0.15, -0.1) is 5.06 Å². The van der Waals surface area contributed by atoms with Crippen molar-refractivity contribution in [2.24, 2.45) is 4.99 Å². The minimum Gasteiger partial charge on any atom is -0.388 e. The van der Waals surface area contributed by atoms with E-state index in [2.05, 4.69) is 9.98 Å². The van der Waals surface area contributed by atoms with E-state index in [0.717, 1.165) is 34.5 Å². The van der Waals surface area contributed by atoms with E-state index >= 15 is 0 Å². The van der Waals surface area contributed by atoms with E-state index in [9.17, 15) is 4.39 Å². The topological polar surface area (TPSA) is 40.6 Å². The van der Waals surface area contributed by atoms with Gasteiger partial charge in [0.15, 0.2) is 0 Å². The third-order valence-electron chi connectivity index (χ3n) is 4.27. The van der Waals surface area contributed by atoms with E-state index in [4.69, 9.17) is 16.4 Å². The predicted octanol–water partition coefficient (Wildman–Crippen LogP) is 4.35. The first kappa shape index (κ1) is 16.1. The summed E-state index contributed by atoms with van der Waals surface area (Å²) in [5.74, 6) is 0.423. The molecular formula is C19H17ClFN3O. The number of aromatic amines is 1. The van der Waals surface area contributed by atoms with Gasteiger partial charge in [0.05, 0.1) is 6.42 Å². The summed E-state index contributed by atoms with van der Waals surface area (Å²) in [4.78, 5) is 13.5. The standard InChI is InChI=1S/C19H17ClFN3O/c20-15-3-6-18-17(10-15)14(11-22-18)7-8-24-12-23-19(25-24)9-13-1-4-16(21)5-2-13/h1-6,10-11,22H,7-9,12H2. The van der Waals surface area contributed by atoms with Gasteiger partial charge in [-0.3, -0.25) is 0 Å². The molecule has 0 radical (unpaired) electrons. The lowest BCUT2D eigenvalue weighted by Gasteiger charge is -2.14. The number of hydroxylamine groups is 2. The minimum absolute atomic E-state index is 0.238. The van der Waals surface area contributed by atoms with Crippen LogP contribution in [0.25, 0.3) is 10.9 Å². The van der Waals surface area contributed by atoms with Crippen molar-refractivity contribution < 1.29 is 9.23 Å². The third-order valence-corrected chi connectivity index (χ3v) is 4.50. The Kier molecular flexibility index (Phi) is 4.42. The highest BCUT2D eigenvalue weighted by Crippen LogP contribution is 2.23. The summed E-state index contributed by atoms with van der Waals surface area (Å²) in [6.45, 7) is 1.25. The Morgan fingerprint density at radius 2 is 2.04 bits per heavy atom. The van der Waals surface area contributed by atoms with E-state index in [1.54, 1.807) is 12.1 Å². The molecule has 0 atom stereocenters. The molecule has 0 saturated carbocycles. The van der Waals surface area contributed by atoms with Crippen molar-refractivity contribution >= 4 is 28.4 Å². The third kappa shape index (κ3) is 3.67. The first-order valence-corrected chi connectivity index (χ1v) is 8.51. The Bertz CT molecular complexity index is 920. The number of hydrogen-bond donors (Lipinski definition) is 1. The zero-order chi connectivity index (χ0) is 17.2. The van der Waals surface area contributed by atoms with Gasteiger partial charge in [-0.05, 0) is 47.9 Å². The van der Waals surface area contributed by atoms with Gasteiger partial charge in [-0.2, -0.15) is 0 Å². The van der Waals surface area contributed by atoms with Gasteiger partial charge in [0, 0.05) is 28.7 Å². The molecule has 0 bridgehead atoms. The number of hydrogen-bond acceptors (Lipinski definition) is 3. The first-order chi connectivity index (χ1) is 12.2. The maximum Gasteiger partial charge on any atom is 0.215 e. The molecule has 0 spiro atoms. The van der Waals surface area contributed by atoms with Crippen molar-refractivity contribution in [2.75, 3.05) is 13.2 Å². The van der Waals surface area contributed by atoms with Crippen LogP contribution < -0.4 is 0 Å². The SMILES string of the molecule is Fc1ccc(CC2=NCN(CCc3c[nH]c4ccc(Cl)cc34)O2)cc1. The van der Waals surface area contributed by atoms with Crippen LogP contribution in [0.5, 0.6) is 0 Å². The zero-order valence-corrected chi connectivity index (χ0v) is 14.3. The van der Waals surface area contributed by atoms with Crippen molar-refractivity contribution in [1.29, 1.82) is 0 Å². The summed E-state index contributed by atoms with van der Waals surface area (Å²) in [5, 5.41) is 3.71. The molecule has 0 unspecified atom stereocenters. The summed E-state index contributed by atoms with van der Waals surface area (Å²) in [5.41, 5.74) is 3.26. The molecule has 3 aromatic rings. The van der Waals surface area contributed by atoms with Gasteiger partial charge in [-0.1, -0.05) is 23.7 Å². The second kappa shape index (κ2) is 6.86. The highest BCUT2D eigenvalue weighted by atomic mass is 35.5. The van der Waals surface area contributed by atoms with E-state index in [0.29, 0.717) is 19.0 Å². The molecule has 0 saturated heterocycles. The lowest BCUT2D eigenvalue weighted by atomic mass is 10.1. The fourth-order valence-corrected chi connectivity index (χ4v) is 3.12. The Morgan fingerprint density at radius 3 is 2.88 bits per heavy atom. The lowest BCUT2D eigenvalue weighted by Crippen LogP contribution is -2.24. The Morgan fingerprint density at radius 1 is 1.20 bits per heavy atom. The first-order valence-electron chi connectivity index (χ1n) is 8.13. The largest absolute Gasteiger partial charge is 0.388 e. The number of aliphatic imine (C=N–C) groups is 1. The summed E-state index contributed by atoms with van der Waals surface area (Å²) in [6, 6.07) is 12.2. The van der Waals surface area contributed by atoms with Crippen molar-refractivity contribution in [2.45, 2.75) is 12.8 Å². The van der Waals surface area contributed by atoms with E-state index < -0.39 is 0 Å². The van der Waals surface area contributed by atoms with Gasteiger partial charge in [0.25, 0.3) is 0 Å². The predicted molar refractivity (Wildman–Crippen MR) is 97.2 cm³/mol. The molecule has 6 heteroatoms. The molecule has 4 nitrogen and oxygen atoms in total. The van der Waals surface area contributed by atoms with Crippen LogP contribution in [0.3, 0.4) is 0 Å². The monoisotopic (exact) mass is 357 g/mol.